The second-order valence-corrected chi connectivity index (χ2v) is 6.83. The normalized spacial score (nSPS) is 11.5. The maximum Gasteiger partial charge on any atom is 0.708 e. The van der Waals surface area contributed by atoms with Crippen LogP contribution in [0.1, 0.15) is 59.3 Å². The van der Waals surface area contributed by atoms with Gasteiger partial charge in [-0.05, 0) is 24.6 Å². The van der Waals surface area contributed by atoms with Crippen molar-refractivity contribution in [3.63, 3.8) is 0 Å². The van der Waals surface area contributed by atoms with Gasteiger partial charge in [-0.1, -0.05) is 39.0 Å². The molecule has 1 atom stereocenters. The van der Waals surface area contributed by atoms with E-state index < -0.39 is 16.1 Å². The molecule has 0 fully saturated rings. The molecule has 0 rings (SSSR count). The molecule has 0 aliphatic carbocycles. The summed E-state index contributed by atoms with van der Waals surface area (Å²) in [6, 6.07) is 0. The molecular weight excluding hydrogens is 354 g/mol. The van der Waals surface area contributed by atoms with Crippen LogP contribution in [0.2, 0.25) is 0 Å². The number of aliphatic hydroxyl groups is 1. The van der Waals surface area contributed by atoms with Crippen molar-refractivity contribution in [3.05, 3.63) is 0 Å². The Bertz CT molecular complexity index is 281. The van der Waals surface area contributed by atoms with Gasteiger partial charge in [0.2, 0.25) is 0 Å². The van der Waals surface area contributed by atoms with E-state index >= 15 is 0 Å². The number of hydrogen-bond donors (Lipinski definition) is 3. The van der Waals surface area contributed by atoms with Gasteiger partial charge < -0.3 is 14.9 Å². The molecule has 0 radical (unpaired) electrons. The first-order chi connectivity index (χ1) is 9.19. The van der Waals surface area contributed by atoms with Crippen molar-refractivity contribution in [1.82, 2.24) is 0 Å². The van der Waals surface area contributed by atoms with Gasteiger partial charge in [0.1, 0.15) is 6.61 Å². The van der Waals surface area contributed by atoms with Crippen molar-refractivity contribution in [2.24, 2.45) is 0 Å². The number of unbranched alkanes of at least 4 members (excludes halogenated alkanes) is 5. The first-order valence-electron chi connectivity index (χ1n) is 6.72. The summed E-state index contributed by atoms with van der Waals surface area (Å²) in [5, 5.41) is 8.06. The van der Waals surface area contributed by atoms with E-state index in [4.69, 9.17) is 14.9 Å². The van der Waals surface area contributed by atoms with Crippen LogP contribution in [-0.2, 0) is 39.7 Å². The van der Waals surface area contributed by atoms with Gasteiger partial charge in [-0.15, -0.1) is 4.52 Å². The predicted molar refractivity (Wildman–Crippen MR) is 77.4 cm³/mol. The van der Waals surface area contributed by atoms with Crippen LogP contribution in [0.5, 0.6) is 0 Å². The molecule has 0 saturated carbocycles. The van der Waals surface area contributed by atoms with Crippen LogP contribution in [0.3, 0.4) is 0 Å². The summed E-state index contributed by atoms with van der Waals surface area (Å²) in [6.45, 7) is 5.77. The van der Waals surface area contributed by atoms with E-state index in [0.29, 0.717) is 0 Å². The van der Waals surface area contributed by atoms with Gasteiger partial charge in [0, 0.05) is 32.4 Å². The first kappa shape index (κ1) is 26.7. The third kappa shape index (κ3) is 33.6. The van der Waals surface area contributed by atoms with Crippen LogP contribution in [0, 0.1) is 0 Å². The van der Waals surface area contributed by atoms with Gasteiger partial charge in [-0.25, -0.2) is 4.57 Å². The van der Waals surface area contributed by atoms with Crippen molar-refractivity contribution in [2.75, 3.05) is 6.61 Å². The number of phosphoric acid groups is 1. The minimum absolute atomic E-state index is 0. The van der Waals surface area contributed by atoms with Gasteiger partial charge in [0.15, 0.2) is 0 Å². The van der Waals surface area contributed by atoms with Crippen LogP contribution in [0.25, 0.3) is 0 Å². The number of aliphatic hydroxyl groups excluding tert-OH is 1. The summed E-state index contributed by atoms with van der Waals surface area (Å²) < 4.78 is 29.5. The minimum Gasteiger partial charge on any atom is -0.394 e. The van der Waals surface area contributed by atoms with E-state index in [1.54, 1.807) is 13.8 Å². The zero-order valence-electron chi connectivity index (χ0n) is 12.9. The number of hydrogen-bond acceptors (Lipinski definition) is 5. The fourth-order valence-electron chi connectivity index (χ4n) is 1.13. The van der Waals surface area contributed by atoms with Crippen molar-refractivity contribution in [2.45, 2.75) is 65.4 Å². The second-order valence-electron chi connectivity index (χ2n) is 4.49. The van der Waals surface area contributed by atoms with Gasteiger partial charge >= 0.3 is 16.1 Å². The summed E-state index contributed by atoms with van der Waals surface area (Å²) >= 11 is 0. The largest absolute Gasteiger partial charge is 0.708 e. The second kappa shape index (κ2) is 17.2. The van der Waals surface area contributed by atoms with E-state index in [-0.39, 0.29) is 34.4 Å². The molecule has 0 spiro atoms. The first-order valence-corrected chi connectivity index (χ1v) is 9.35. The molecule has 126 valence electrons. The molecule has 0 aromatic heterocycles. The Balaban J connectivity index is -0.000000572. The Kier molecular flexibility index (Phi) is 21.9. The van der Waals surface area contributed by atoms with Crippen molar-refractivity contribution in [1.29, 1.82) is 0 Å². The van der Waals surface area contributed by atoms with Gasteiger partial charge in [0.25, 0.3) is 0 Å². The Morgan fingerprint density at radius 2 is 1.52 bits per heavy atom. The smallest absolute Gasteiger partial charge is 0.394 e. The fourth-order valence-corrected chi connectivity index (χ4v) is 2.29. The van der Waals surface area contributed by atoms with Crippen molar-refractivity contribution < 1.29 is 54.6 Å². The van der Waals surface area contributed by atoms with E-state index in [9.17, 15) is 9.13 Å². The van der Waals surface area contributed by atoms with Gasteiger partial charge in [0.05, 0.1) is 0 Å². The molecule has 1 unspecified atom stereocenters. The molecule has 0 aromatic carbocycles. The third-order valence-corrected chi connectivity index (χ3v) is 3.65. The summed E-state index contributed by atoms with van der Waals surface area (Å²) in [5.41, 5.74) is 0. The maximum absolute atomic E-state index is 10.8. The summed E-state index contributed by atoms with van der Waals surface area (Å²) in [5.74, 6) is 0. The van der Waals surface area contributed by atoms with Crippen molar-refractivity contribution in [3.8, 4) is 0 Å². The van der Waals surface area contributed by atoms with Crippen LogP contribution >= 0.6 is 16.1 Å². The molecule has 0 aliphatic rings. The Morgan fingerprint density at radius 1 is 1.10 bits per heavy atom. The summed E-state index contributed by atoms with van der Waals surface area (Å²) in [4.78, 5) is 16.6. The Morgan fingerprint density at radius 3 is 1.95 bits per heavy atom. The van der Waals surface area contributed by atoms with Crippen molar-refractivity contribution >= 4 is 16.1 Å². The fraction of sp³-hybridized carbons (Fsp3) is 1.00. The zero-order valence-corrected chi connectivity index (χ0v) is 16.2. The van der Waals surface area contributed by atoms with Crippen LogP contribution in [0.15, 0.2) is 0 Å². The average Bonchev–Trinajstić information content (AvgIpc) is 2.24. The molecular formula is C11H27O7P2Ti+. The molecule has 0 aliphatic heterocycles. The molecule has 0 aromatic rings. The van der Waals surface area contributed by atoms with E-state index in [1.807, 2.05) is 0 Å². The molecule has 0 amide bonds. The van der Waals surface area contributed by atoms with Crippen LogP contribution in [0.4, 0.5) is 0 Å². The summed E-state index contributed by atoms with van der Waals surface area (Å²) in [7, 11) is -7.41. The molecule has 0 saturated heterocycles. The van der Waals surface area contributed by atoms with Crippen LogP contribution in [-0.4, -0.2) is 27.6 Å². The summed E-state index contributed by atoms with van der Waals surface area (Å²) in [6.07, 6.45) is 6.15. The Hall–Kier alpha value is 0.844. The standard InChI is InChI=1S/C8H18O6P2.C3H8O.Ti/c1-2-3-4-5-6-7-8-13-15(9)14-16(10,11)12;1-3(2)4;/h2-8H2,1H3,(H-,10,11,12);3-4H,1-2H3;/p+1. The predicted octanol–water partition coefficient (Wildman–Crippen LogP) is 3.51. The SMILES string of the molecule is CC(C)O.CCCCCCCCO[P+](=O)OP(=O)(O)O.[Ti]. The minimum atomic E-state index is -4.70. The topological polar surface area (TPSA) is 113 Å². The molecule has 0 heterocycles. The molecule has 10 heteroatoms. The monoisotopic (exact) mass is 381 g/mol. The molecule has 3 N–H and O–H groups in total. The Labute approximate surface area is 142 Å². The molecule has 0 bridgehead atoms. The van der Waals surface area contributed by atoms with Gasteiger partial charge in [-0.3, -0.25) is 0 Å². The third-order valence-electron chi connectivity index (χ3n) is 1.87. The van der Waals surface area contributed by atoms with Crippen LogP contribution < -0.4 is 0 Å². The molecule has 7 nitrogen and oxygen atoms in total. The van der Waals surface area contributed by atoms with E-state index in [1.165, 1.54) is 19.3 Å². The van der Waals surface area contributed by atoms with E-state index in [0.717, 1.165) is 19.3 Å². The zero-order chi connectivity index (χ0) is 16.0. The quantitative estimate of drug-likeness (QED) is 0.301. The van der Waals surface area contributed by atoms with Gasteiger partial charge in [-0.2, -0.15) is 0 Å². The van der Waals surface area contributed by atoms with E-state index in [2.05, 4.69) is 15.8 Å². The maximum atomic E-state index is 10.8. The average molecular weight is 381 g/mol. The molecule has 21 heavy (non-hydrogen) atoms. The number of rotatable bonds is 10.